The van der Waals surface area contributed by atoms with Crippen LogP contribution in [0.4, 0.5) is 5.69 Å². The van der Waals surface area contributed by atoms with Crippen LogP contribution >= 0.6 is 0 Å². The maximum atomic E-state index is 9.27. The normalized spacial score (nSPS) is 13.9. The minimum Gasteiger partial charge on any atom is -0.454 e. The summed E-state index contributed by atoms with van der Waals surface area (Å²) in [6.07, 6.45) is 0. The molecule has 1 N–H and O–H groups in total. The van der Waals surface area contributed by atoms with E-state index in [1.54, 1.807) is 0 Å². The number of aliphatic hydroxyl groups excluding tert-OH is 1. The molecule has 94 valence electrons. The van der Waals surface area contributed by atoms with Crippen LogP contribution in [0.25, 0.3) is 0 Å². The lowest BCUT2D eigenvalue weighted by atomic mass is 9.94. The number of anilines is 1. The molecule has 1 aromatic carbocycles. The number of benzene rings is 1. The summed E-state index contributed by atoms with van der Waals surface area (Å²) in [7, 11) is 2.01. The smallest absolute Gasteiger partial charge is 0.231 e. The molecule has 17 heavy (non-hydrogen) atoms. The quantitative estimate of drug-likeness (QED) is 0.868. The first-order valence-electron chi connectivity index (χ1n) is 5.73. The Labute approximate surface area is 102 Å². The molecule has 0 saturated carbocycles. The Morgan fingerprint density at radius 2 is 2.00 bits per heavy atom. The molecule has 1 heterocycles. The zero-order chi connectivity index (χ0) is 12.5. The highest BCUT2D eigenvalue weighted by Gasteiger charge is 2.21. The SMILES string of the molecule is CN(CC(C)(C)CO)c1ccc2c(c1)OCO2. The largest absolute Gasteiger partial charge is 0.454 e. The number of hydrogen-bond donors (Lipinski definition) is 1. The van der Waals surface area contributed by atoms with E-state index >= 15 is 0 Å². The molecule has 2 rings (SSSR count). The average molecular weight is 237 g/mol. The van der Waals surface area contributed by atoms with E-state index in [1.807, 2.05) is 39.1 Å². The Morgan fingerprint density at radius 1 is 1.29 bits per heavy atom. The van der Waals surface area contributed by atoms with E-state index in [1.165, 1.54) is 0 Å². The molecule has 0 unspecified atom stereocenters. The summed E-state index contributed by atoms with van der Waals surface area (Å²) < 4.78 is 10.6. The zero-order valence-corrected chi connectivity index (χ0v) is 10.6. The van der Waals surface area contributed by atoms with Crippen molar-refractivity contribution in [3.05, 3.63) is 18.2 Å². The van der Waals surface area contributed by atoms with E-state index in [2.05, 4.69) is 4.90 Å². The Bertz CT molecular complexity index is 404. The fraction of sp³-hybridized carbons (Fsp3) is 0.538. The van der Waals surface area contributed by atoms with Crippen molar-refractivity contribution in [2.45, 2.75) is 13.8 Å². The first kappa shape index (κ1) is 12.0. The van der Waals surface area contributed by atoms with Gasteiger partial charge in [-0.1, -0.05) is 13.8 Å². The van der Waals surface area contributed by atoms with Gasteiger partial charge in [0.05, 0.1) is 0 Å². The van der Waals surface area contributed by atoms with Crippen LogP contribution in [0, 0.1) is 5.41 Å². The molecule has 0 amide bonds. The van der Waals surface area contributed by atoms with Gasteiger partial charge in [-0.15, -0.1) is 0 Å². The Morgan fingerprint density at radius 3 is 2.71 bits per heavy atom. The van der Waals surface area contributed by atoms with Gasteiger partial charge in [-0.25, -0.2) is 0 Å². The standard InChI is InChI=1S/C13H19NO3/c1-13(2,8-15)7-14(3)10-4-5-11-12(6-10)17-9-16-11/h4-6,15H,7-9H2,1-3H3. The lowest BCUT2D eigenvalue weighted by molar-refractivity contribution is 0.165. The van der Waals surface area contributed by atoms with Gasteiger partial charge in [0.2, 0.25) is 6.79 Å². The van der Waals surface area contributed by atoms with Gasteiger partial charge < -0.3 is 19.5 Å². The van der Waals surface area contributed by atoms with Crippen LogP contribution in [0.3, 0.4) is 0 Å². The summed E-state index contributed by atoms with van der Waals surface area (Å²) in [5, 5.41) is 9.27. The number of rotatable bonds is 4. The molecule has 1 aliphatic heterocycles. The Hall–Kier alpha value is -1.42. The third-order valence-corrected chi connectivity index (χ3v) is 2.89. The van der Waals surface area contributed by atoms with Gasteiger partial charge in [0.15, 0.2) is 11.5 Å². The molecule has 0 fully saturated rings. The molecule has 1 aliphatic rings. The molecule has 4 nitrogen and oxygen atoms in total. The first-order valence-corrected chi connectivity index (χ1v) is 5.73. The lowest BCUT2D eigenvalue weighted by Crippen LogP contribution is -2.33. The Kier molecular flexibility index (Phi) is 3.15. The highest BCUT2D eigenvalue weighted by molar-refractivity contribution is 5.56. The second-order valence-corrected chi connectivity index (χ2v) is 5.22. The molecule has 0 saturated heterocycles. The zero-order valence-electron chi connectivity index (χ0n) is 10.6. The first-order chi connectivity index (χ1) is 8.02. The Balaban J connectivity index is 2.12. The van der Waals surface area contributed by atoms with Crippen molar-refractivity contribution in [1.29, 1.82) is 0 Å². The van der Waals surface area contributed by atoms with Gasteiger partial charge >= 0.3 is 0 Å². The summed E-state index contributed by atoms with van der Waals surface area (Å²) in [4.78, 5) is 2.11. The fourth-order valence-electron chi connectivity index (χ4n) is 1.91. The number of ether oxygens (including phenoxy) is 2. The molecule has 0 atom stereocenters. The van der Waals surface area contributed by atoms with Gasteiger partial charge in [0.1, 0.15) is 0 Å². The molecule has 1 aromatic rings. The van der Waals surface area contributed by atoms with Crippen LogP contribution in [0.1, 0.15) is 13.8 Å². The van der Waals surface area contributed by atoms with E-state index in [-0.39, 0.29) is 12.0 Å². The van der Waals surface area contributed by atoms with Crippen LogP contribution in [0.15, 0.2) is 18.2 Å². The van der Waals surface area contributed by atoms with Crippen molar-refractivity contribution >= 4 is 5.69 Å². The second-order valence-electron chi connectivity index (χ2n) is 5.22. The molecule has 4 heteroatoms. The third kappa shape index (κ3) is 2.64. The molecular formula is C13H19NO3. The van der Waals surface area contributed by atoms with Gasteiger partial charge in [-0.2, -0.15) is 0 Å². The van der Waals surface area contributed by atoms with Crippen LogP contribution in [0.5, 0.6) is 11.5 Å². The minimum absolute atomic E-state index is 0.120. The van der Waals surface area contributed by atoms with E-state index in [9.17, 15) is 5.11 Å². The predicted octanol–water partition coefficient (Wildman–Crippen LogP) is 1.87. The van der Waals surface area contributed by atoms with Crippen molar-refractivity contribution in [3.8, 4) is 11.5 Å². The number of fused-ring (bicyclic) bond motifs is 1. The summed E-state index contributed by atoms with van der Waals surface area (Å²) in [5.74, 6) is 1.58. The molecule has 0 radical (unpaired) electrons. The van der Waals surface area contributed by atoms with Gasteiger partial charge in [0.25, 0.3) is 0 Å². The monoisotopic (exact) mass is 237 g/mol. The topological polar surface area (TPSA) is 41.9 Å². The van der Waals surface area contributed by atoms with Crippen molar-refractivity contribution in [2.24, 2.45) is 5.41 Å². The summed E-state index contributed by atoms with van der Waals surface area (Å²) in [6, 6.07) is 5.89. The van der Waals surface area contributed by atoms with E-state index in [0.717, 1.165) is 23.7 Å². The summed E-state index contributed by atoms with van der Waals surface area (Å²) >= 11 is 0. The molecule has 0 aromatic heterocycles. The maximum Gasteiger partial charge on any atom is 0.231 e. The highest BCUT2D eigenvalue weighted by atomic mass is 16.7. The number of aliphatic hydroxyl groups is 1. The molecule has 0 aliphatic carbocycles. The highest BCUT2D eigenvalue weighted by Crippen LogP contribution is 2.35. The maximum absolute atomic E-state index is 9.27. The van der Waals surface area contributed by atoms with Crippen LogP contribution < -0.4 is 14.4 Å². The molecule has 0 spiro atoms. The van der Waals surface area contributed by atoms with Crippen molar-refractivity contribution in [3.63, 3.8) is 0 Å². The van der Waals surface area contributed by atoms with Crippen molar-refractivity contribution in [2.75, 3.05) is 31.9 Å². The third-order valence-electron chi connectivity index (χ3n) is 2.89. The molecular weight excluding hydrogens is 218 g/mol. The second kappa shape index (κ2) is 4.45. The van der Waals surface area contributed by atoms with Gasteiger partial charge in [-0.05, 0) is 12.1 Å². The van der Waals surface area contributed by atoms with E-state index < -0.39 is 0 Å². The van der Waals surface area contributed by atoms with E-state index in [4.69, 9.17) is 9.47 Å². The van der Waals surface area contributed by atoms with Gasteiger partial charge in [-0.3, -0.25) is 0 Å². The average Bonchev–Trinajstić information content (AvgIpc) is 2.75. The summed E-state index contributed by atoms with van der Waals surface area (Å²) in [5.41, 5.74) is 0.946. The number of hydrogen-bond acceptors (Lipinski definition) is 4. The fourth-order valence-corrected chi connectivity index (χ4v) is 1.91. The van der Waals surface area contributed by atoms with Gasteiger partial charge in [0, 0.05) is 37.4 Å². The van der Waals surface area contributed by atoms with Crippen LogP contribution in [0.2, 0.25) is 0 Å². The lowest BCUT2D eigenvalue weighted by Gasteiger charge is -2.30. The predicted molar refractivity (Wildman–Crippen MR) is 66.7 cm³/mol. The van der Waals surface area contributed by atoms with Crippen molar-refractivity contribution in [1.82, 2.24) is 0 Å². The van der Waals surface area contributed by atoms with Crippen LogP contribution in [-0.4, -0.2) is 32.1 Å². The number of nitrogens with zero attached hydrogens (tertiary/aromatic N) is 1. The summed E-state index contributed by atoms with van der Waals surface area (Å²) in [6.45, 7) is 5.32. The molecule has 0 bridgehead atoms. The minimum atomic E-state index is -0.120. The van der Waals surface area contributed by atoms with Crippen molar-refractivity contribution < 1.29 is 14.6 Å². The van der Waals surface area contributed by atoms with Crippen LogP contribution in [-0.2, 0) is 0 Å². The van der Waals surface area contributed by atoms with E-state index in [0.29, 0.717) is 6.79 Å².